The monoisotopic (exact) mass is 473 g/mol. The van der Waals surface area contributed by atoms with E-state index in [0.29, 0.717) is 6.42 Å². The number of carbonyl (C=O) groups excluding carboxylic acids is 4. The number of Topliss-reactive ketones (excluding diaryl/α,β-unsaturated/α-hetero) is 2. The van der Waals surface area contributed by atoms with Crippen molar-refractivity contribution in [1.82, 2.24) is 15.5 Å². The molecule has 0 aromatic heterocycles. The summed E-state index contributed by atoms with van der Waals surface area (Å²) in [4.78, 5) is 52.3. The molecule has 1 aliphatic heterocycles. The Hall–Kier alpha value is -2.69. The summed E-state index contributed by atoms with van der Waals surface area (Å²) in [6.45, 7) is 1.54. The molecule has 1 fully saturated rings. The Labute approximate surface area is 201 Å². The number of likely N-dealkylation sites (N-methyl/N-ethyl adjacent to an activating group) is 1. The average molecular weight is 474 g/mol. The van der Waals surface area contributed by atoms with Crippen LogP contribution < -0.4 is 10.6 Å². The molecule has 2 N–H and O–H groups in total. The van der Waals surface area contributed by atoms with Gasteiger partial charge in [0.15, 0.2) is 11.6 Å². The van der Waals surface area contributed by atoms with E-state index < -0.39 is 24.0 Å². The molecule has 4 atom stereocenters. The van der Waals surface area contributed by atoms with Crippen LogP contribution in [0.2, 0.25) is 0 Å². The van der Waals surface area contributed by atoms with Crippen LogP contribution in [0, 0.1) is 12.3 Å². The predicted molar refractivity (Wildman–Crippen MR) is 128 cm³/mol. The van der Waals surface area contributed by atoms with Gasteiger partial charge >= 0.3 is 0 Å². The fourth-order valence-corrected chi connectivity index (χ4v) is 4.60. The fraction of sp³-hybridized carbons (Fsp3) is 0.520. The molecular weight excluding hydrogens is 442 g/mol. The van der Waals surface area contributed by atoms with Gasteiger partial charge in [-0.1, -0.05) is 24.3 Å². The first-order chi connectivity index (χ1) is 15.3. The van der Waals surface area contributed by atoms with Crippen molar-refractivity contribution < 1.29 is 19.2 Å². The molecule has 1 saturated heterocycles. The molecule has 8 heteroatoms. The number of hydrogen-bond acceptors (Lipinski definition) is 5. The molecule has 178 valence electrons. The number of aryl methyl sites for hydroxylation is 1. The summed E-state index contributed by atoms with van der Waals surface area (Å²) in [5.41, 5.74) is 2.45. The van der Waals surface area contributed by atoms with Crippen LogP contribution in [0.5, 0.6) is 0 Å². The topological polar surface area (TPSA) is 95.6 Å². The molecule has 1 aliphatic carbocycles. The third kappa shape index (κ3) is 6.21. The number of carbonyl (C=O) groups is 4. The van der Waals surface area contributed by atoms with Gasteiger partial charge in [0.2, 0.25) is 11.8 Å². The van der Waals surface area contributed by atoms with E-state index in [1.54, 1.807) is 14.0 Å². The highest BCUT2D eigenvalue weighted by Crippen LogP contribution is 2.35. The van der Waals surface area contributed by atoms with Gasteiger partial charge in [-0.2, -0.15) is 0 Å². The van der Waals surface area contributed by atoms with Crippen LogP contribution in [0.3, 0.4) is 0 Å². The number of halogens is 1. The summed E-state index contributed by atoms with van der Waals surface area (Å²) in [7, 11) is 1.64. The van der Waals surface area contributed by atoms with E-state index in [0.717, 1.165) is 19.3 Å². The summed E-state index contributed by atoms with van der Waals surface area (Å²) in [6, 6.07) is 5.87. The Morgan fingerprint density at radius 3 is 2.70 bits per heavy atom. The molecule has 33 heavy (non-hydrogen) atoms. The van der Waals surface area contributed by atoms with E-state index in [1.165, 1.54) is 16.0 Å². The summed E-state index contributed by atoms with van der Waals surface area (Å²) >= 11 is 0. The number of terminal acetylenes is 1. The van der Waals surface area contributed by atoms with E-state index >= 15 is 0 Å². The van der Waals surface area contributed by atoms with Crippen molar-refractivity contribution in [2.24, 2.45) is 0 Å². The number of rotatable bonds is 8. The van der Waals surface area contributed by atoms with Crippen molar-refractivity contribution in [3.8, 4) is 12.3 Å². The van der Waals surface area contributed by atoms with E-state index in [1.807, 2.05) is 12.1 Å². The van der Waals surface area contributed by atoms with Crippen LogP contribution in [-0.4, -0.2) is 60.0 Å². The van der Waals surface area contributed by atoms with Crippen LogP contribution in [0.1, 0.15) is 56.1 Å². The molecule has 2 amide bonds. The number of fused-ring (bicyclic) bond motifs is 1. The lowest BCUT2D eigenvalue weighted by Gasteiger charge is -2.30. The number of likely N-dealkylation sites (tertiary alicyclic amines) is 1. The van der Waals surface area contributed by atoms with Gasteiger partial charge in [0.05, 0.1) is 18.6 Å². The van der Waals surface area contributed by atoms with E-state index in [9.17, 15) is 19.2 Å². The predicted octanol–water partition coefficient (Wildman–Crippen LogP) is 1.77. The molecule has 0 bridgehead atoms. The van der Waals surface area contributed by atoms with Crippen LogP contribution in [-0.2, 0) is 25.6 Å². The third-order valence-corrected chi connectivity index (χ3v) is 6.50. The van der Waals surface area contributed by atoms with Gasteiger partial charge in [-0.15, -0.1) is 24.8 Å². The number of amides is 2. The van der Waals surface area contributed by atoms with Crippen molar-refractivity contribution in [2.75, 3.05) is 13.6 Å². The Bertz CT molecular complexity index is 942. The minimum absolute atomic E-state index is 0. The molecule has 2 aliphatic rings. The number of nitrogens with zero attached hydrogens (tertiary/aromatic N) is 1. The van der Waals surface area contributed by atoms with Crippen LogP contribution in [0.15, 0.2) is 24.3 Å². The van der Waals surface area contributed by atoms with Crippen LogP contribution in [0.25, 0.3) is 0 Å². The lowest BCUT2D eigenvalue weighted by atomic mass is 9.79. The zero-order chi connectivity index (χ0) is 23.3. The summed E-state index contributed by atoms with van der Waals surface area (Å²) in [6.07, 6.45) is 8.65. The molecule has 1 heterocycles. The molecule has 1 aromatic rings. The lowest BCUT2D eigenvalue weighted by Crippen LogP contribution is -2.54. The zero-order valence-electron chi connectivity index (χ0n) is 19.1. The SMILES string of the molecule is C#CC[C@H](NC(=O)[C@H](C)NC)C(=O)N1CC(=O)C[C@H]1C(=O)C[C@@H]1CCCc2ccccc21.Cl. The highest BCUT2D eigenvalue weighted by atomic mass is 35.5. The molecule has 1 aromatic carbocycles. The van der Waals surface area contributed by atoms with Crippen molar-refractivity contribution in [3.05, 3.63) is 35.4 Å². The normalized spacial score (nSPS) is 21.2. The Morgan fingerprint density at radius 2 is 2.00 bits per heavy atom. The highest BCUT2D eigenvalue weighted by molar-refractivity contribution is 6.01. The van der Waals surface area contributed by atoms with Gasteiger partial charge in [-0.25, -0.2) is 0 Å². The third-order valence-electron chi connectivity index (χ3n) is 6.50. The summed E-state index contributed by atoms with van der Waals surface area (Å²) in [5.74, 6) is 1.39. The first-order valence-corrected chi connectivity index (χ1v) is 11.2. The second kappa shape index (κ2) is 12.0. The van der Waals surface area contributed by atoms with Crippen molar-refractivity contribution >= 4 is 35.8 Å². The van der Waals surface area contributed by atoms with Gasteiger partial charge in [0.25, 0.3) is 0 Å². The number of nitrogens with one attached hydrogen (secondary N) is 2. The second-order valence-electron chi connectivity index (χ2n) is 8.66. The fourth-order valence-electron chi connectivity index (χ4n) is 4.60. The second-order valence-corrected chi connectivity index (χ2v) is 8.66. The van der Waals surface area contributed by atoms with E-state index in [4.69, 9.17) is 6.42 Å². The maximum Gasteiger partial charge on any atom is 0.247 e. The maximum atomic E-state index is 13.3. The highest BCUT2D eigenvalue weighted by Gasteiger charge is 2.41. The van der Waals surface area contributed by atoms with Gasteiger partial charge in [0.1, 0.15) is 6.04 Å². The molecule has 3 rings (SSSR count). The average Bonchev–Trinajstić information content (AvgIpc) is 3.19. The number of benzene rings is 1. The largest absolute Gasteiger partial charge is 0.342 e. The molecule has 0 saturated carbocycles. The Balaban J connectivity index is 0.00000385. The molecule has 0 spiro atoms. The first-order valence-electron chi connectivity index (χ1n) is 11.2. The Kier molecular flexibility index (Phi) is 9.63. The van der Waals surface area contributed by atoms with Gasteiger partial charge < -0.3 is 15.5 Å². The molecule has 0 radical (unpaired) electrons. The van der Waals surface area contributed by atoms with E-state index in [2.05, 4.69) is 28.7 Å². The smallest absolute Gasteiger partial charge is 0.247 e. The zero-order valence-corrected chi connectivity index (χ0v) is 20.0. The maximum absolute atomic E-state index is 13.3. The number of hydrogen-bond donors (Lipinski definition) is 2. The van der Waals surface area contributed by atoms with Crippen molar-refractivity contribution in [2.45, 2.75) is 69.5 Å². The van der Waals surface area contributed by atoms with Crippen molar-refractivity contribution in [3.63, 3.8) is 0 Å². The van der Waals surface area contributed by atoms with Gasteiger partial charge in [0, 0.05) is 19.3 Å². The Morgan fingerprint density at radius 1 is 1.27 bits per heavy atom. The van der Waals surface area contributed by atoms with Gasteiger partial charge in [-0.3, -0.25) is 19.2 Å². The summed E-state index contributed by atoms with van der Waals surface area (Å²) < 4.78 is 0. The molecule has 0 unspecified atom stereocenters. The minimum Gasteiger partial charge on any atom is -0.342 e. The molecular formula is C25H32ClN3O4. The van der Waals surface area contributed by atoms with Crippen LogP contribution in [0.4, 0.5) is 0 Å². The van der Waals surface area contributed by atoms with Crippen molar-refractivity contribution in [1.29, 1.82) is 0 Å². The number of ketones is 2. The van der Waals surface area contributed by atoms with Crippen LogP contribution >= 0.6 is 12.4 Å². The first kappa shape index (κ1) is 26.6. The minimum atomic E-state index is -0.972. The van der Waals surface area contributed by atoms with Gasteiger partial charge in [-0.05, 0) is 50.3 Å². The standard InChI is InChI=1S/C25H31N3O4.ClH/c1-4-8-21(27-24(31)16(2)26-3)25(32)28-15-19(29)14-22(28)23(30)13-18-11-7-10-17-9-5-6-12-20(17)18;/h1,5-6,9,12,16,18,21-22,26H,7-8,10-11,13-15H2,2-3H3,(H,27,31);1H/t16-,18-,21-,22-;/m0./s1. The van der Waals surface area contributed by atoms with E-state index in [-0.39, 0.29) is 55.2 Å². The molecule has 7 nitrogen and oxygen atoms in total. The summed E-state index contributed by atoms with van der Waals surface area (Å²) in [5, 5.41) is 5.47. The quantitative estimate of drug-likeness (QED) is 0.561. The lowest BCUT2D eigenvalue weighted by molar-refractivity contribution is -0.141.